The van der Waals surface area contributed by atoms with E-state index in [1.54, 1.807) is 21.3 Å². The number of likely N-dealkylation sites (tertiary alicyclic amines) is 1. The van der Waals surface area contributed by atoms with Gasteiger partial charge in [-0.25, -0.2) is 9.18 Å². The molecule has 34 heavy (non-hydrogen) atoms. The number of anilines is 1. The number of aromatic nitrogens is 1. The molecule has 2 saturated heterocycles. The third-order valence-electron chi connectivity index (χ3n) is 7.29. The number of carbonyl (C=O) groups excluding carboxylic acids is 1. The molecule has 3 atom stereocenters. The second-order valence-corrected chi connectivity index (χ2v) is 9.60. The van der Waals surface area contributed by atoms with Crippen LogP contribution in [0, 0.1) is 23.1 Å². The lowest BCUT2D eigenvalue weighted by Gasteiger charge is -2.37. The maximum Gasteiger partial charge on any atom is 0.341 e. The van der Waals surface area contributed by atoms with Crippen LogP contribution in [0.2, 0.25) is 0 Å². The zero-order chi connectivity index (χ0) is 24.3. The minimum absolute atomic E-state index is 0.0275. The summed E-state index contributed by atoms with van der Waals surface area (Å²) >= 11 is 0. The molecule has 0 radical (unpaired) electrons. The van der Waals surface area contributed by atoms with Gasteiger partial charge in [0, 0.05) is 31.9 Å². The largest absolute Gasteiger partial charge is 0.477 e. The van der Waals surface area contributed by atoms with Crippen LogP contribution in [0.25, 0.3) is 10.9 Å². The maximum atomic E-state index is 15.6. The van der Waals surface area contributed by atoms with E-state index in [0.29, 0.717) is 19.6 Å². The number of pyridine rings is 1. The fourth-order valence-corrected chi connectivity index (χ4v) is 5.58. The summed E-state index contributed by atoms with van der Waals surface area (Å²) in [6, 6.07) is 2.37. The predicted octanol–water partition coefficient (Wildman–Crippen LogP) is 1.82. The zero-order valence-corrected chi connectivity index (χ0v) is 18.8. The topological polar surface area (TPSA) is 133 Å². The first-order valence-corrected chi connectivity index (χ1v) is 11.6. The normalized spacial score (nSPS) is 23.0. The predicted molar refractivity (Wildman–Crippen MR) is 122 cm³/mol. The summed E-state index contributed by atoms with van der Waals surface area (Å²) in [4.78, 5) is 40.7. The van der Waals surface area contributed by atoms with Gasteiger partial charge in [0.25, 0.3) is 0 Å². The number of benzene rings is 1. The lowest BCUT2D eigenvalue weighted by atomic mass is 9.91. The van der Waals surface area contributed by atoms with Crippen LogP contribution < -0.4 is 16.1 Å². The quantitative estimate of drug-likeness (QED) is 0.701. The Morgan fingerprint density at radius 2 is 2.03 bits per heavy atom. The van der Waals surface area contributed by atoms with Gasteiger partial charge in [-0.15, -0.1) is 0 Å². The molecule has 3 aliphatic rings. The Bertz CT molecular complexity index is 1310. The van der Waals surface area contributed by atoms with Crippen LogP contribution in [-0.2, 0) is 4.79 Å². The van der Waals surface area contributed by atoms with Crippen molar-refractivity contribution in [3.63, 3.8) is 0 Å². The zero-order valence-electron chi connectivity index (χ0n) is 18.8. The Kier molecular flexibility index (Phi) is 5.32. The molecule has 1 aromatic carbocycles. The van der Waals surface area contributed by atoms with E-state index < -0.39 is 28.8 Å². The van der Waals surface area contributed by atoms with Crippen molar-refractivity contribution in [3.8, 4) is 6.07 Å². The van der Waals surface area contributed by atoms with Crippen LogP contribution in [0.3, 0.4) is 0 Å². The van der Waals surface area contributed by atoms with E-state index in [2.05, 4.69) is 6.07 Å². The SMILES string of the molecule is CC(N)C(=O)N1CCC[C@H]2CN(c3c(F)cc4c(=O)c(C(=O)O)cn(C5CC5)c4c3C#N)C[C@H]21. The molecular weight excluding hydrogens is 441 g/mol. The Morgan fingerprint density at radius 3 is 2.65 bits per heavy atom. The van der Waals surface area contributed by atoms with Crippen LogP contribution >= 0.6 is 0 Å². The second kappa shape index (κ2) is 8.09. The molecule has 2 aromatic rings. The number of amides is 1. The minimum Gasteiger partial charge on any atom is -0.477 e. The number of piperidine rings is 1. The Morgan fingerprint density at radius 1 is 1.29 bits per heavy atom. The van der Waals surface area contributed by atoms with Crippen molar-refractivity contribution >= 4 is 28.5 Å². The summed E-state index contributed by atoms with van der Waals surface area (Å²) < 4.78 is 17.2. The number of hydrogen-bond acceptors (Lipinski definition) is 6. The number of aromatic carboxylic acids is 1. The molecule has 1 unspecified atom stereocenters. The lowest BCUT2D eigenvalue weighted by molar-refractivity contribution is -0.136. The van der Waals surface area contributed by atoms with E-state index in [1.165, 1.54) is 6.20 Å². The van der Waals surface area contributed by atoms with E-state index >= 15 is 4.39 Å². The summed E-state index contributed by atoms with van der Waals surface area (Å²) in [5.74, 6) is -2.14. The number of nitrogens with two attached hydrogens (primary N) is 1. The Labute approximate surface area is 195 Å². The molecule has 5 rings (SSSR count). The first-order valence-electron chi connectivity index (χ1n) is 11.6. The number of nitrogens with zero attached hydrogens (tertiary/aromatic N) is 4. The van der Waals surface area contributed by atoms with Crippen LogP contribution in [0.4, 0.5) is 10.1 Å². The van der Waals surface area contributed by atoms with E-state index in [9.17, 15) is 24.8 Å². The highest BCUT2D eigenvalue weighted by molar-refractivity contribution is 5.96. The van der Waals surface area contributed by atoms with Crippen LogP contribution in [0.5, 0.6) is 0 Å². The first kappa shape index (κ1) is 22.3. The Balaban J connectivity index is 1.65. The standard InChI is InChI=1S/C24H26FN5O4/c1-12(27)23(32)29-6-2-3-13-9-28(11-19(13)29)21-16(8-26)20-15(7-18(21)25)22(31)17(24(33)34)10-30(20)14-4-5-14/h7,10,12-14,19H,2-6,9,11,27H2,1H3,(H,33,34)/t12?,13-,19+/m0/s1. The average molecular weight is 468 g/mol. The van der Waals surface area contributed by atoms with Crippen molar-refractivity contribution < 1.29 is 19.1 Å². The number of carbonyl (C=O) groups is 2. The van der Waals surface area contributed by atoms with Crippen molar-refractivity contribution in [2.24, 2.45) is 11.7 Å². The summed E-state index contributed by atoms with van der Waals surface area (Å²) in [7, 11) is 0. The average Bonchev–Trinajstić information content (AvgIpc) is 3.55. The third kappa shape index (κ3) is 3.42. The highest BCUT2D eigenvalue weighted by Gasteiger charge is 2.43. The van der Waals surface area contributed by atoms with Crippen molar-refractivity contribution in [2.45, 2.75) is 50.7 Å². The molecule has 0 spiro atoms. The van der Waals surface area contributed by atoms with E-state index in [1.807, 2.05) is 0 Å². The molecule has 9 nitrogen and oxygen atoms in total. The summed E-state index contributed by atoms with van der Waals surface area (Å²) in [5, 5.41) is 19.5. The van der Waals surface area contributed by atoms with Gasteiger partial charge in [-0.05, 0) is 44.6 Å². The minimum atomic E-state index is -1.38. The van der Waals surface area contributed by atoms with Crippen molar-refractivity contribution in [1.82, 2.24) is 9.47 Å². The molecule has 3 N–H and O–H groups in total. The van der Waals surface area contributed by atoms with Gasteiger partial charge < -0.3 is 25.2 Å². The van der Waals surface area contributed by atoms with E-state index in [-0.39, 0.29) is 46.1 Å². The maximum absolute atomic E-state index is 15.6. The van der Waals surface area contributed by atoms with Gasteiger partial charge in [0.05, 0.1) is 28.7 Å². The van der Waals surface area contributed by atoms with E-state index in [0.717, 1.165) is 31.7 Å². The highest BCUT2D eigenvalue weighted by Crippen LogP contribution is 2.42. The molecule has 3 heterocycles. The molecule has 1 aromatic heterocycles. The summed E-state index contributed by atoms with van der Waals surface area (Å²) in [5.41, 5.74) is 5.01. The van der Waals surface area contributed by atoms with Crippen LogP contribution in [-0.4, -0.2) is 58.2 Å². The number of fused-ring (bicyclic) bond motifs is 2. The molecule has 10 heteroatoms. The number of carboxylic acids is 1. The van der Waals surface area contributed by atoms with Gasteiger partial charge in [0.2, 0.25) is 11.3 Å². The smallest absolute Gasteiger partial charge is 0.341 e. The highest BCUT2D eigenvalue weighted by atomic mass is 19.1. The number of rotatable bonds is 4. The van der Waals surface area contributed by atoms with Crippen LogP contribution in [0.15, 0.2) is 17.1 Å². The van der Waals surface area contributed by atoms with Gasteiger partial charge in [-0.2, -0.15) is 5.26 Å². The van der Waals surface area contributed by atoms with E-state index in [4.69, 9.17) is 5.73 Å². The number of halogens is 1. The second-order valence-electron chi connectivity index (χ2n) is 9.60. The monoisotopic (exact) mass is 467 g/mol. The molecule has 1 amide bonds. The molecule has 1 aliphatic carbocycles. The molecule has 3 fully saturated rings. The molecule has 2 aliphatic heterocycles. The van der Waals surface area contributed by atoms with Crippen molar-refractivity contribution in [2.75, 3.05) is 24.5 Å². The third-order valence-corrected chi connectivity index (χ3v) is 7.29. The molecule has 178 valence electrons. The summed E-state index contributed by atoms with van der Waals surface area (Å²) in [6.45, 7) is 3.09. The van der Waals surface area contributed by atoms with Gasteiger partial charge >= 0.3 is 5.97 Å². The number of hydrogen-bond donors (Lipinski definition) is 2. The number of carboxylic acid groups (broad SMARTS) is 1. The molecular formula is C24H26FN5O4. The molecule has 0 bridgehead atoms. The Hall–Kier alpha value is -3.45. The summed E-state index contributed by atoms with van der Waals surface area (Å²) in [6.07, 6.45) is 4.57. The van der Waals surface area contributed by atoms with Gasteiger partial charge in [-0.1, -0.05) is 0 Å². The first-order chi connectivity index (χ1) is 16.2. The fourth-order valence-electron chi connectivity index (χ4n) is 5.58. The number of nitriles is 1. The van der Waals surface area contributed by atoms with Gasteiger partial charge in [0.1, 0.15) is 23.0 Å². The van der Waals surface area contributed by atoms with Crippen molar-refractivity contribution in [3.05, 3.63) is 39.4 Å². The van der Waals surface area contributed by atoms with Gasteiger partial charge in [0.15, 0.2) is 0 Å². The van der Waals surface area contributed by atoms with Gasteiger partial charge in [-0.3, -0.25) is 9.59 Å². The molecule has 1 saturated carbocycles. The van der Waals surface area contributed by atoms with Crippen molar-refractivity contribution in [1.29, 1.82) is 5.26 Å². The lowest BCUT2D eigenvalue weighted by Crippen LogP contribution is -2.53. The van der Waals surface area contributed by atoms with Crippen LogP contribution in [0.1, 0.15) is 54.6 Å². The fraction of sp³-hybridized carbons (Fsp3) is 0.500.